The average Bonchev–Trinajstić information content (AvgIpc) is 2.41. The van der Waals surface area contributed by atoms with E-state index in [-0.39, 0.29) is 5.91 Å². The van der Waals surface area contributed by atoms with Crippen molar-refractivity contribution in [3.63, 3.8) is 0 Å². The van der Waals surface area contributed by atoms with Crippen LogP contribution >= 0.6 is 0 Å². The van der Waals surface area contributed by atoms with Gasteiger partial charge >= 0.3 is 0 Å². The minimum absolute atomic E-state index is 0.0820. The summed E-state index contributed by atoms with van der Waals surface area (Å²) in [4.78, 5) is 11.9. The van der Waals surface area contributed by atoms with Crippen LogP contribution in [0.15, 0.2) is 18.2 Å². The van der Waals surface area contributed by atoms with Crippen LogP contribution in [-0.4, -0.2) is 24.6 Å². The van der Waals surface area contributed by atoms with Crippen LogP contribution in [0.2, 0.25) is 0 Å². The van der Waals surface area contributed by atoms with Crippen LogP contribution in [0.25, 0.3) is 0 Å². The lowest BCUT2D eigenvalue weighted by molar-refractivity contribution is -0.129. The molecular weight excluding hydrogens is 252 g/mol. The van der Waals surface area contributed by atoms with E-state index in [0.29, 0.717) is 5.92 Å². The van der Waals surface area contributed by atoms with Crippen molar-refractivity contribution in [3.05, 3.63) is 23.8 Å². The van der Waals surface area contributed by atoms with E-state index < -0.39 is 5.60 Å². The average molecular weight is 274 g/mol. The van der Waals surface area contributed by atoms with Gasteiger partial charge in [-0.25, -0.2) is 0 Å². The third kappa shape index (κ3) is 2.66. The number of carbonyl (C=O) groups excluding carboxylic acids is 1. The van der Waals surface area contributed by atoms with Gasteiger partial charge in [-0.15, -0.1) is 0 Å². The van der Waals surface area contributed by atoms with Gasteiger partial charge < -0.3 is 15.4 Å². The number of fused-ring (bicyclic) bond motifs is 1. The van der Waals surface area contributed by atoms with Crippen molar-refractivity contribution < 1.29 is 9.53 Å². The maximum Gasteiger partial charge on any atom is 0.268 e. The number of anilines is 1. The smallest absolute Gasteiger partial charge is 0.268 e. The fraction of sp³-hybridized carbons (Fsp3) is 0.562. The summed E-state index contributed by atoms with van der Waals surface area (Å²) in [7, 11) is 0. The molecule has 2 aliphatic rings. The highest BCUT2D eigenvalue weighted by molar-refractivity contribution is 6.00. The van der Waals surface area contributed by atoms with Crippen LogP contribution in [0, 0.1) is 5.92 Å². The van der Waals surface area contributed by atoms with Crippen molar-refractivity contribution >= 4 is 11.6 Å². The van der Waals surface area contributed by atoms with E-state index in [4.69, 9.17) is 4.74 Å². The van der Waals surface area contributed by atoms with Crippen LogP contribution in [0.5, 0.6) is 5.75 Å². The Balaban J connectivity index is 1.76. The Labute approximate surface area is 119 Å². The third-order valence-electron chi connectivity index (χ3n) is 4.13. The number of piperidine rings is 1. The van der Waals surface area contributed by atoms with Gasteiger partial charge in [0.15, 0.2) is 5.60 Å². The second-order valence-corrected chi connectivity index (χ2v) is 6.31. The van der Waals surface area contributed by atoms with Gasteiger partial charge in [-0.2, -0.15) is 0 Å². The molecule has 0 aliphatic carbocycles. The monoisotopic (exact) mass is 274 g/mol. The second kappa shape index (κ2) is 5.09. The Hall–Kier alpha value is -1.55. The van der Waals surface area contributed by atoms with Crippen molar-refractivity contribution in [1.29, 1.82) is 0 Å². The summed E-state index contributed by atoms with van der Waals surface area (Å²) in [6.07, 6.45) is 3.59. The highest BCUT2D eigenvalue weighted by Gasteiger charge is 2.35. The van der Waals surface area contributed by atoms with Crippen LogP contribution in [0.4, 0.5) is 5.69 Å². The van der Waals surface area contributed by atoms with Crippen LogP contribution in [0.1, 0.15) is 32.3 Å². The highest BCUT2D eigenvalue weighted by atomic mass is 16.5. The molecule has 0 aromatic heterocycles. The van der Waals surface area contributed by atoms with Gasteiger partial charge in [0.25, 0.3) is 5.91 Å². The lowest BCUT2D eigenvalue weighted by Gasteiger charge is -2.32. The summed E-state index contributed by atoms with van der Waals surface area (Å²) in [5, 5.41) is 6.39. The van der Waals surface area contributed by atoms with Crippen molar-refractivity contribution in [2.75, 3.05) is 18.4 Å². The molecule has 108 valence electrons. The molecule has 1 atom stereocenters. The van der Waals surface area contributed by atoms with Crippen molar-refractivity contribution in [2.45, 2.75) is 38.7 Å². The molecule has 2 heterocycles. The van der Waals surface area contributed by atoms with Gasteiger partial charge in [0, 0.05) is 0 Å². The zero-order chi connectivity index (χ0) is 14.2. The van der Waals surface area contributed by atoms with Gasteiger partial charge in [0.1, 0.15) is 5.75 Å². The maximum atomic E-state index is 11.9. The predicted octanol–water partition coefficient (Wildman–Crippen LogP) is 2.34. The lowest BCUT2D eigenvalue weighted by Crippen LogP contribution is -2.45. The van der Waals surface area contributed by atoms with Gasteiger partial charge in [-0.3, -0.25) is 4.79 Å². The molecule has 0 saturated carbocycles. The summed E-state index contributed by atoms with van der Waals surface area (Å²) in [6.45, 7) is 5.80. The summed E-state index contributed by atoms with van der Waals surface area (Å²) in [5.74, 6) is 1.38. The topological polar surface area (TPSA) is 50.4 Å². The minimum Gasteiger partial charge on any atom is -0.476 e. The molecule has 3 rings (SSSR count). The third-order valence-corrected chi connectivity index (χ3v) is 4.13. The summed E-state index contributed by atoms with van der Waals surface area (Å²) < 4.78 is 5.75. The zero-order valence-electron chi connectivity index (χ0n) is 12.2. The molecule has 2 N–H and O–H groups in total. The quantitative estimate of drug-likeness (QED) is 0.870. The number of ether oxygens (including phenoxy) is 1. The Bertz CT molecular complexity index is 519. The van der Waals surface area contributed by atoms with Crippen LogP contribution in [-0.2, 0) is 11.2 Å². The number of benzene rings is 1. The first-order valence-corrected chi connectivity index (χ1v) is 7.39. The SMILES string of the molecule is CC1(C)Oc2ccc(CC3CCCNC3)cc2NC1=O. The van der Waals surface area contributed by atoms with E-state index in [1.54, 1.807) is 13.8 Å². The summed E-state index contributed by atoms with van der Waals surface area (Å²) in [5.41, 5.74) is 1.28. The van der Waals surface area contributed by atoms with Crippen molar-refractivity contribution in [1.82, 2.24) is 5.32 Å². The van der Waals surface area contributed by atoms with E-state index in [1.165, 1.54) is 18.4 Å². The van der Waals surface area contributed by atoms with Gasteiger partial charge in [0.2, 0.25) is 0 Å². The highest BCUT2D eigenvalue weighted by Crippen LogP contribution is 2.34. The van der Waals surface area contributed by atoms with E-state index in [1.807, 2.05) is 6.07 Å². The molecule has 0 radical (unpaired) electrons. The van der Waals surface area contributed by atoms with E-state index in [9.17, 15) is 4.79 Å². The number of hydrogen-bond donors (Lipinski definition) is 2. The van der Waals surface area contributed by atoms with E-state index in [0.717, 1.165) is 30.9 Å². The molecule has 1 aromatic rings. The van der Waals surface area contributed by atoms with Gasteiger partial charge in [-0.1, -0.05) is 6.07 Å². The number of rotatable bonds is 2. The predicted molar refractivity (Wildman–Crippen MR) is 79.1 cm³/mol. The Morgan fingerprint density at radius 3 is 3.00 bits per heavy atom. The number of amides is 1. The first-order chi connectivity index (χ1) is 9.54. The van der Waals surface area contributed by atoms with Crippen LogP contribution in [0.3, 0.4) is 0 Å². The standard InChI is InChI=1S/C16H22N2O2/c1-16(2)15(19)18-13-9-11(5-6-14(13)20-16)8-12-4-3-7-17-10-12/h5-6,9,12,17H,3-4,7-8,10H2,1-2H3,(H,18,19). The summed E-state index contributed by atoms with van der Waals surface area (Å²) >= 11 is 0. The molecule has 4 heteroatoms. The van der Waals surface area contributed by atoms with Gasteiger partial charge in [-0.05, 0) is 69.8 Å². The molecule has 1 amide bonds. The molecule has 2 aliphatic heterocycles. The molecule has 0 bridgehead atoms. The molecule has 1 unspecified atom stereocenters. The second-order valence-electron chi connectivity index (χ2n) is 6.31. The number of nitrogens with one attached hydrogen (secondary N) is 2. The Morgan fingerprint density at radius 1 is 1.40 bits per heavy atom. The zero-order valence-corrected chi connectivity index (χ0v) is 12.2. The molecule has 1 aromatic carbocycles. The normalized spacial score (nSPS) is 24.5. The molecule has 1 saturated heterocycles. The Kier molecular flexibility index (Phi) is 3.42. The lowest BCUT2D eigenvalue weighted by atomic mass is 9.92. The fourth-order valence-corrected chi connectivity index (χ4v) is 2.92. The fourth-order valence-electron chi connectivity index (χ4n) is 2.92. The van der Waals surface area contributed by atoms with Gasteiger partial charge in [0.05, 0.1) is 5.69 Å². The van der Waals surface area contributed by atoms with Crippen molar-refractivity contribution in [2.24, 2.45) is 5.92 Å². The maximum absolute atomic E-state index is 11.9. The molecule has 4 nitrogen and oxygen atoms in total. The number of hydrogen-bond acceptors (Lipinski definition) is 3. The van der Waals surface area contributed by atoms with E-state index >= 15 is 0 Å². The summed E-state index contributed by atoms with van der Waals surface area (Å²) in [6, 6.07) is 6.14. The first-order valence-electron chi connectivity index (χ1n) is 7.39. The molecular formula is C16H22N2O2. The Morgan fingerprint density at radius 2 is 2.25 bits per heavy atom. The van der Waals surface area contributed by atoms with Crippen molar-refractivity contribution in [3.8, 4) is 5.75 Å². The largest absolute Gasteiger partial charge is 0.476 e. The van der Waals surface area contributed by atoms with Crippen LogP contribution < -0.4 is 15.4 Å². The van der Waals surface area contributed by atoms with E-state index in [2.05, 4.69) is 22.8 Å². The first kappa shape index (κ1) is 13.4. The molecule has 0 spiro atoms. The number of carbonyl (C=O) groups is 1. The molecule has 20 heavy (non-hydrogen) atoms. The molecule has 1 fully saturated rings. The minimum atomic E-state index is -0.790.